The van der Waals surface area contributed by atoms with E-state index in [2.05, 4.69) is 34.9 Å². The number of hydrogen-bond acceptors (Lipinski definition) is 2. The Bertz CT molecular complexity index is 178. The molecule has 0 aliphatic carbocycles. The molecular weight excluding hydrogens is 359 g/mol. The fraction of sp³-hybridized carbons (Fsp3) is 0. The molecule has 0 atom stereocenters. The molecule has 2 nitrogen and oxygen atoms in total. The Morgan fingerprint density at radius 2 is 1.09 bits per heavy atom. The molecule has 0 amide bonds. The Balaban J connectivity index is -0.0000000817. The van der Waals surface area contributed by atoms with Gasteiger partial charge < -0.3 is 40.1 Å². The van der Waals surface area contributed by atoms with Gasteiger partial charge in [0.25, 0.3) is 0 Å². The van der Waals surface area contributed by atoms with Gasteiger partial charge in [0.1, 0.15) is 0 Å². The van der Waals surface area contributed by atoms with Gasteiger partial charge in [-0.15, -0.1) is 0 Å². The summed E-state index contributed by atoms with van der Waals surface area (Å²) in [7, 11) is 0. The van der Waals surface area contributed by atoms with E-state index >= 15 is 0 Å². The van der Waals surface area contributed by atoms with Gasteiger partial charge in [-0.2, -0.15) is 0 Å². The quantitative estimate of drug-likeness (QED) is 0.479. The molecule has 5 heteroatoms. The SMILES string of the molecule is [C-]#[N+]/C([S-])=C(/[S-])[N+]#[C-].[CH3-].[CH3-].[Pt+4]. The van der Waals surface area contributed by atoms with Gasteiger partial charge in [0.15, 0.2) is 0 Å². The predicted molar refractivity (Wildman–Crippen MR) is 47.8 cm³/mol. The summed E-state index contributed by atoms with van der Waals surface area (Å²) in [5.74, 6) is 0. The van der Waals surface area contributed by atoms with Crippen LogP contribution in [0.25, 0.3) is 9.69 Å². The van der Waals surface area contributed by atoms with E-state index in [1.807, 2.05) is 0 Å². The van der Waals surface area contributed by atoms with Crippen LogP contribution >= 0.6 is 0 Å². The van der Waals surface area contributed by atoms with Crippen molar-refractivity contribution >= 4 is 25.3 Å². The molecule has 62 valence electrons. The summed E-state index contributed by atoms with van der Waals surface area (Å²) in [5.41, 5.74) is 0. The molecule has 0 heterocycles. The Hall–Kier alpha value is -0.152. The second-order valence-corrected chi connectivity index (χ2v) is 1.61. The number of rotatable bonds is 0. The molecule has 0 saturated carbocycles. The summed E-state index contributed by atoms with van der Waals surface area (Å²) >= 11 is 8.74. The third-order valence-corrected chi connectivity index (χ3v) is 1.08. The summed E-state index contributed by atoms with van der Waals surface area (Å²) in [5, 5.41) is -0.231. The van der Waals surface area contributed by atoms with Crippen LogP contribution < -0.4 is 0 Å². The monoisotopic (exact) mass is 365 g/mol. The normalized spacial score (nSPS) is 7.82. The van der Waals surface area contributed by atoms with Crippen molar-refractivity contribution in [3.05, 3.63) is 47.7 Å². The van der Waals surface area contributed by atoms with Crippen LogP contribution in [-0.4, -0.2) is 0 Å². The molecule has 0 rings (SSSR count). The second-order valence-electron chi connectivity index (χ2n) is 0.834. The molecule has 0 saturated heterocycles. The molecule has 0 radical (unpaired) electrons. The van der Waals surface area contributed by atoms with Crippen LogP contribution in [0.4, 0.5) is 0 Å². The molecule has 0 aliphatic rings. The summed E-state index contributed by atoms with van der Waals surface area (Å²) in [6.45, 7) is 12.6. The van der Waals surface area contributed by atoms with Gasteiger partial charge >= 0.3 is 21.1 Å². The minimum absolute atomic E-state index is 0. The molecule has 0 spiro atoms. The fourth-order valence-corrected chi connectivity index (χ4v) is 0.187. The maximum Gasteiger partial charge on any atom is 4.00 e. The zero-order valence-corrected chi connectivity index (χ0v) is 9.93. The average molecular weight is 365 g/mol. The topological polar surface area (TPSA) is 8.72 Å². The van der Waals surface area contributed by atoms with Gasteiger partial charge in [0, 0.05) is 10.1 Å². The largest absolute Gasteiger partial charge is 4.00 e. The first-order valence-corrected chi connectivity index (χ1v) is 2.37. The second kappa shape index (κ2) is 12.5. The minimum atomic E-state index is -0.116. The van der Waals surface area contributed by atoms with Crippen LogP contribution in [0.5, 0.6) is 0 Å². The van der Waals surface area contributed by atoms with E-state index in [-0.39, 0.29) is 46.0 Å². The third-order valence-electron chi connectivity index (χ3n) is 0.386. The van der Waals surface area contributed by atoms with Crippen molar-refractivity contribution in [2.75, 3.05) is 0 Å². The van der Waals surface area contributed by atoms with Gasteiger partial charge in [0.2, 0.25) is 0 Å². The first-order chi connectivity index (χ1) is 3.72. The van der Waals surface area contributed by atoms with Crippen molar-refractivity contribution in [1.82, 2.24) is 0 Å². The van der Waals surface area contributed by atoms with Crippen LogP contribution in [0.2, 0.25) is 0 Å². The zero-order valence-electron chi connectivity index (χ0n) is 6.03. The Labute approximate surface area is 93.8 Å². The smallest absolute Gasteiger partial charge is 0.826 e. The van der Waals surface area contributed by atoms with Crippen molar-refractivity contribution in [3.63, 3.8) is 0 Å². The van der Waals surface area contributed by atoms with E-state index in [4.69, 9.17) is 13.1 Å². The van der Waals surface area contributed by atoms with Crippen LogP contribution in [0.3, 0.4) is 0 Å². The molecular formula is C6H6N2PtS2. The molecule has 0 aliphatic heterocycles. The van der Waals surface area contributed by atoms with Crippen LogP contribution in [-0.2, 0) is 46.3 Å². The van der Waals surface area contributed by atoms with Crippen LogP contribution in [0.1, 0.15) is 0 Å². The molecule has 0 bridgehead atoms. The van der Waals surface area contributed by atoms with E-state index in [0.29, 0.717) is 0 Å². The first-order valence-electron chi connectivity index (χ1n) is 1.55. The van der Waals surface area contributed by atoms with Gasteiger partial charge in [-0.25, -0.2) is 0 Å². The van der Waals surface area contributed by atoms with Gasteiger partial charge in [-0.1, -0.05) is 0 Å². The molecule has 0 aromatic carbocycles. The van der Waals surface area contributed by atoms with E-state index in [9.17, 15) is 0 Å². The maximum atomic E-state index is 6.30. The van der Waals surface area contributed by atoms with E-state index in [0.717, 1.165) is 0 Å². The summed E-state index contributed by atoms with van der Waals surface area (Å²) < 4.78 is 0. The summed E-state index contributed by atoms with van der Waals surface area (Å²) in [4.78, 5) is 5.57. The zero-order chi connectivity index (χ0) is 6.57. The van der Waals surface area contributed by atoms with Crippen LogP contribution in [0, 0.1) is 28.0 Å². The van der Waals surface area contributed by atoms with Crippen molar-refractivity contribution in [2.45, 2.75) is 0 Å². The average Bonchev–Trinajstić information content (AvgIpc) is 1.84. The van der Waals surface area contributed by atoms with Crippen molar-refractivity contribution in [2.24, 2.45) is 0 Å². The number of nitrogens with zero attached hydrogens (tertiary/aromatic N) is 2. The third kappa shape index (κ3) is 9.85. The van der Waals surface area contributed by atoms with Gasteiger partial charge in [-0.3, -0.25) is 9.69 Å². The minimum Gasteiger partial charge on any atom is -0.826 e. The van der Waals surface area contributed by atoms with Crippen molar-refractivity contribution < 1.29 is 21.1 Å². The van der Waals surface area contributed by atoms with Gasteiger partial charge in [0.05, 0.1) is 13.1 Å². The molecule has 0 aromatic rings. The van der Waals surface area contributed by atoms with Gasteiger partial charge in [-0.05, 0) is 0 Å². The van der Waals surface area contributed by atoms with E-state index in [1.54, 1.807) is 0 Å². The Morgan fingerprint density at radius 3 is 1.18 bits per heavy atom. The van der Waals surface area contributed by atoms with Crippen LogP contribution in [0.15, 0.2) is 10.1 Å². The first kappa shape index (κ1) is 22.4. The molecule has 0 N–H and O–H groups in total. The fourth-order valence-electron chi connectivity index (χ4n) is 0.0956. The molecule has 11 heavy (non-hydrogen) atoms. The number of hydrogen-bond donors (Lipinski definition) is 0. The summed E-state index contributed by atoms with van der Waals surface area (Å²) in [6.07, 6.45) is 0. The van der Waals surface area contributed by atoms with Crippen molar-refractivity contribution in [3.8, 4) is 0 Å². The molecule has 0 aromatic heterocycles. The standard InChI is InChI=1S/C4H2N2S2.2CH3.Pt/c1-5-3(7)4(8)6-2;;;/h7-8H;2*1H3;/q;2*-1;+4/p-2/b4-3-;;;. The van der Waals surface area contributed by atoms with E-state index < -0.39 is 0 Å². The summed E-state index contributed by atoms with van der Waals surface area (Å²) in [6, 6.07) is 0. The predicted octanol–water partition coefficient (Wildman–Crippen LogP) is 1.94. The molecule has 0 unspecified atom stereocenters. The van der Waals surface area contributed by atoms with Crippen molar-refractivity contribution in [1.29, 1.82) is 0 Å². The molecule has 0 fully saturated rings. The van der Waals surface area contributed by atoms with E-state index in [1.165, 1.54) is 0 Å². The Morgan fingerprint density at radius 1 is 0.909 bits per heavy atom. The maximum absolute atomic E-state index is 6.30. The Kier molecular flexibility index (Phi) is 25.5.